The van der Waals surface area contributed by atoms with Crippen molar-refractivity contribution in [1.29, 1.82) is 0 Å². The second-order valence-corrected chi connectivity index (χ2v) is 4.09. The Kier molecular flexibility index (Phi) is 4.11. The number of ether oxygens (including phenoxy) is 2. The van der Waals surface area contributed by atoms with Crippen LogP contribution in [-0.2, 0) is 14.3 Å². The van der Waals surface area contributed by atoms with Gasteiger partial charge in [0.15, 0.2) is 0 Å². The third-order valence-corrected chi connectivity index (χ3v) is 2.47. The largest absolute Gasteiger partial charge is 0.465 e. The van der Waals surface area contributed by atoms with E-state index in [2.05, 4.69) is 0 Å². The smallest absolute Gasteiger partial charge is 0.410 e. The number of rotatable bonds is 3. The minimum Gasteiger partial charge on any atom is -0.465 e. The summed E-state index contributed by atoms with van der Waals surface area (Å²) in [4.78, 5) is 23.4. The summed E-state index contributed by atoms with van der Waals surface area (Å²) >= 11 is 0. The van der Waals surface area contributed by atoms with Gasteiger partial charge in [-0.25, -0.2) is 9.59 Å². The Balaban J connectivity index is 2.72. The van der Waals surface area contributed by atoms with Crippen molar-refractivity contribution in [3.63, 3.8) is 0 Å². The average molecular weight is 243 g/mol. The lowest BCUT2D eigenvalue weighted by atomic mass is 10.2. The Labute approximate surface area is 99.8 Å². The molecular formula is C11H17NO5. The molecule has 0 radical (unpaired) electrons. The van der Waals surface area contributed by atoms with Crippen LogP contribution in [0.4, 0.5) is 4.79 Å². The van der Waals surface area contributed by atoms with Crippen molar-refractivity contribution in [2.24, 2.45) is 0 Å². The van der Waals surface area contributed by atoms with E-state index in [9.17, 15) is 9.59 Å². The van der Waals surface area contributed by atoms with E-state index in [4.69, 9.17) is 14.6 Å². The molecule has 0 saturated carbocycles. The monoisotopic (exact) mass is 243 g/mol. The summed E-state index contributed by atoms with van der Waals surface area (Å²) in [5.74, 6) is -0.484. The molecule has 1 atom stereocenters. The summed E-state index contributed by atoms with van der Waals surface area (Å²) in [5, 5.41) is 9.08. The number of hydrogen-bond acceptors (Lipinski definition) is 4. The van der Waals surface area contributed by atoms with E-state index in [-0.39, 0.29) is 6.61 Å². The first-order valence-electron chi connectivity index (χ1n) is 5.39. The number of carbonyl (C=O) groups excluding carboxylic acids is 1. The lowest BCUT2D eigenvalue weighted by molar-refractivity contribution is -0.137. The first kappa shape index (κ1) is 13.5. The fourth-order valence-electron chi connectivity index (χ4n) is 1.73. The number of carboxylic acid groups (broad SMARTS) is 1. The number of hydrogen-bond donors (Lipinski definition) is 1. The molecule has 17 heavy (non-hydrogen) atoms. The maximum Gasteiger partial charge on any atom is 0.410 e. The maximum absolute atomic E-state index is 11.1. The molecule has 1 aliphatic rings. The lowest BCUT2D eigenvalue weighted by Crippen LogP contribution is -2.46. The third-order valence-electron chi connectivity index (χ3n) is 2.47. The van der Waals surface area contributed by atoms with Gasteiger partial charge in [0, 0.05) is 6.08 Å². The van der Waals surface area contributed by atoms with Crippen molar-refractivity contribution < 1.29 is 24.2 Å². The van der Waals surface area contributed by atoms with Crippen LogP contribution in [0, 0.1) is 0 Å². The molecule has 0 spiro atoms. The summed E-state index contributed by atoms with van der Waals surface area (Å²) in [5.41, 5.74) is -0.879. The zero-order valence-corrected chi connectivity index (χ0v) is 10.2. The van der Waals surface area contributed by atoms with Gasteiger partial charge >= 0.3 is 12.1 Å². The molecule has 6 nitrogen and oxygen atoms in total. The first-order valence-corrected chi connectivity index (χ1v) is 5.39. The van der Waals surface area contributed by atoms with Crippen molar-refractivity contribution in [1.82, 2.24) is 4.90 Å². The molecule has 1 heterocycles. The highest BCUT2D eigenvalue weighted by Crippen LogP contribution is 2.27. The maximum atomic E-state index is 11.1. The van der Waals surface area contributed by atoms with Crippen molar-refractivity contribution in [2.75, 3.05) is 13.2 Å². The predicted octanol–water partition coefficient (Wildman–Crippen LogP) is 1.22. The third kappa shape index (κ3) is 3.20. The highest BCUT2D eigenvalue weighted by Gasteiger charge is 2.42. The van der Waals surface area contributed by atoms with Crippen molar-refractivity contribution >= 4 is 12.1 Å². The zero-order chi connectivity index (χ0) is 13.1. The quantitative estimate of drug-likeness (QED) is 0.595. The van der Waals surface area contributed by atoms with Crippen LogP contribution in [0.5, 0.6) is 0 Å². The second kappa shape index (κ2) is 5.18. The molecule has 0 aliphatic carbocycles. The van der Waals surface area contributed by atoms with Crippen LogP contribution in [0.3, 0.4) is 0 Å². The Morgan fingerprint density at radius 3 is 2.76 bits per heavy atom. The van der Waals surface area contributed by atoms with Crippen LogP contribution >= 0.6 is 0 Å². The van der Waals surface area contributed by atoms with Crippen LogP contribution in [0.1, 0.15) is 20.8 Å². The molecule has 0 bridgehead atoms. The topological polar surface area (TPSA) is 76.1 Å². The number of esters is 1. The molecule has 1 rings (SSSR count). The van der Waals surface area contributed by atoms with Gasteiger partial charge in [0.2, 0.25) is 0 Å². The fourth-order valence-corrected chi connectivity index (χ4v) is 1.73. The second-order valence-electron chi connectivity index (χ2n) is 4.09. The van der Waals surface area contributed by atoms with Gasteiger partial charge in [-0.15, -0.1) is 0 Å². The summed E-state index contributed by atoms with van der Waals surface area (Å²) < 4.78 is 10.1. The van der Waals surface area contributed by atoms with Gasteiger partial charge < -0.3 is 14.6 Å². The number of amides is 1. The fraction of sp³-hybridized carbons (Fsp3) is 0.636. The van der Waals surface area contributed by atoms with Gasteiger partial charge in [0.05, 0.1) is 19.3 Å². The molecular weight excluding hydrogens is 226 g/mol. The van der Waals surface area contributed by atoms with Crippen LogP contribution in [0.2, 0.25) is 0 Å². The summed E-state index contributed by atoms with van der Waals surface area (Å²) in [6, 6.07) is -0.466. The van der Waals surface area contributed by atoms with Crippen LogP contribution in [0.25, 0.3) is 0 Å². The molecule has 1 amide bonds. The van der Waals surface area contributed by atoms with Gasteiger partial charge in [-0.1, -0.05) is 6.08 Å². The molecule has 0 unspecified atom stereocenters. The molecule has 0 aromatic heterocycles. The number of carbonyl (C=O) groups is 2. The molecule has 1 saturated heterocycles. The van der Waals surface area contributed by atoms with Crippen molar-refractivity contribution in [3.05, 3.63) is 12.2 Å². The van der Waals surface area contributed by atoms with Crippen LogP contribution in [0.15, 0.2) is 12.2 Å². The minimum atomic E-state index is -1.08. The molecule has 1 fully saturated rings. The Morgan fingerprint density at radius 1 is 1.59 bits per heavy atom. The molecule has 1 N–H and O–H groups in total. The minimum absolute atomic E-state index is 0.231. The molecule has 6 heteroatoms. The summed E-state index contributed by atoms with van der Waals surface area (Å²) in [7, 11) is 0. The van der Waals surface area contributed by atoms with E-state index >= 15 is 0 Å². The van der Waals surface area contributed by atoms with Crippen molar-refractivity contribution in [3.8, 4) is 0 Å². The van der Waals surface area contributed by atoms with E-state index in [0.717, 1.165) is 0 Å². The van der Waals surface area contributed by atoms with Crippen molar-refractivity contribution in [2.45, 2.75) is 32.5 Å². The summed E-state index contributed by atoms with van der Waals surface area (Å²) in [6.07, 6.45) is 1.64. The van der Waals surface area contributed by atoms with E-state index in [0.29, 0.717) is 6.61 Å². The standard InChI is InChI=1S/C11H17NO5/c1-4-16-9(13)6-5-8-7-17-11(2,3)12(8)10(14)15/h5-6,8H,4,7H2,1-3H3,(H,14,15)/b6-5+/t8-/m1/s1. The number of nitrogens with zero attached hydrogens (tertiary/aromatic N) is 1. The normalized spacial score (nSPS) is 23.0. The van der Waals surface area contributed by atoms with Gasteiger partial charge in [-0.3, -0.25) is 4.90 Å². The molecule has 0 aromatic carbocycles. The SMILES string of the molecule is CCOC(=O)/C=C/[C@@H]1COC(C)(C)N1C(=O)O. The van der Waals surface area contributed by atoms with Crippen LogP contribution in [-0.4, -0.2) is 47.0 Å². The van der Waals surface area contributed by atoms with Gasteiger partial charge in [-0.2, -0.15) is 0 Å². The van der Waals surface area contributed by atoms with E-state index < -0.39 is 23.8 Å². The highest BCUT2D eigenvalue weighted by atomic mass is 16.5. The van der Waals surface area contributed by atoms with E-state index in [1.807, 2.05) is 0 Å². The molecule has 0 aromatic rings. The summed E-state index contributed by atoms with van der Waals surface area (Å²) in [6.45, 7) is 5.56. The zero-order valence-electron chi connectivity index (χ0n) is 10.2. The molecule has 1 aliphatic heterocycles. The van der Waals surface area contributed by atoms with Gasteiger partial charge in [-0.05, 0) is 20.8 Å². The average Bonchev–Trinajstić information content (AvgIpc) is 2.51. The first-order chi connectivity index (χ1) is 7.88. The lowest BCUT2D eigenvalue weighted by Gasteiger charge is -2.29. The van der Waals surface area contributed by atoms with E-state index in [1.165, 1.54) is 17.1 Å². The van der Waals surface area contributed by atoms with E-state index in [1.54, 1.807) is 20.8 Å². The Bertz CT molecular complexity index is 337. The molecule has 96 valence electrons. The van der Waals surface area contributed by atoms with Gasteiger partial charge in [0.1, 0.15) is 5.72 Å². The highest BCUT2D eigenvalue weighted by molar-refractivity contribution is 5.82. The predicted molar refractivity (Wildman–Crippen MR) is 59.5 cm³/mol. The van der Waals surface area contributed by atoms with Crippen LogP contribution < -0.4 is 0 Å². The van der Waals surface area contributed by atoms with Gasteiger partial charge in [0.25, 0.3) is 0 Å². The Morgan fingerprint density at radius 2 is 2.24 bits per heavy atom. The Hall–Kier alpha value is -1.56.